The maximum atomic E-state index is 12.1. The molecule has 118 valence electrons. The molecule has 0 heterocycles. The fourth-order valence-electron chi connectivity index (χ4n) is 2.51. The van der Waals surface area contributed by atoms with Gasteiger partial charge in [0.15, 0.2) is 0 Å². The van der Waals surface area contributed by atoms with Gasteiger partial charge in [0.1, 0.15) is 0 Å². The molecule has 1 atom stereocenters. The summed E-state index contributed by atoms with van der Waals surface area (Å²) >= 11 is 3.39. The van der Waals surface area contributed by atoms with E-state index in [9.17, 15) is 9.59 Å². The van der Waals surface area contributed by atoms with Gasteiger partial charge in [-0.05, 0) is 49.4 Å². The van der Waals surface area contributed by atoms with Crippen molar-refractivity contribution in [1.82, 2.24) is 4.90 Å². The summed E-state index contributed by atoms with van der Waals surface area (Å²) in [5.74, 6) is 0.161. The zero-order valence-corrected chi connectivity index (χ0v) is 14.5. The Labute approximate surface area is 139 Å². The number of amides is 2. The summed E-state index contributed by atoms with van der Waals surface area (Å²) in [6, 6.07) is 5.67. The van der Waals surface area contributed by atoms with E-state index in [1.807, 2.05) is 25.1 Å². The van der Waals surface area contributed by atoms with Crippen molar-refractivity contribution in [3.63, 3.8) is 0 Å². The number of carbonyl (C=O) groups is 2. The van der Waals surface area contributed by atoms with Crippen molar-refractivity contribution in [2.45, 2.75) is 26.2 Å². The number of aryl methyl sites for hydroxylation is 1. The van der Waals surface area contributed by atoms with Gasteiger partial charge in [-0.3, -0.25) is 9.59 Å². The van der Waals surface area contributed by atoms with Gasteiger partial charge in [0.2, 0.25) is 11.8 Å². The standard InChI is InChI=1S/C17H21BrN2O2/c1-12-9-14(18)7-8-15(12)19-16(21)11-20(2)17(22)10-13-5-3-4-6-13/h3,5,7-9,13H,4,6,10-11H2,1-2H3,(H,19,21)/t13-/m1/s1. The average Bonchev–Trinajstić information content (AvgIpc) is 2.94. The molecule has 1 aromatic rings. The molecule has 0 aliphatic heterocycles. The van der Waals surface area contributed by atoms with E-state index in [0.29, 0.717) is 12.3 Å². The highest BCUT2D eigenvalue weighted by molar-refractivity contribution is 9.10. The number of nitrogens with one attached hydrogen (secondary N) is 1. The fourth-order valence-corrected chi connectivity index (χ4v) is 2.98. The lowest BCUT2D eigenvalue weighted by molar-refractivity contribution is -0.133. The maximum absolute atomic E-state index is 12.1. The number of hydrogen-bond acceptors (Lipinski definition) is 2. The Kier molecular flexibility index (Phi) is 5.77. The highest BCUT2D eigenvalue weighted by atomic mass is 79.9. The third-order valence-electron chi connectivity index (χ3n) is 3.82. The molecule has 0 radical (unpaired) electrons. The van der Waals surface area contributed by atoms with Crippen LogP contribution >= 0.6 is 15.9 Å². The Bertz CT molecular complexity index is 598. The molecule has 1 aliphatic rings. The first-order chi connectivity index (χ1) is 10.5. The van der Waals surface area contributed by atoms with Gasteiger partial charge in [-0.15, -0.1) is 0 Å². The van der Waals surface area contributed by atoms with Gasteiger partial charge in [-0.1, -0.05) is 28.1 Å². The van der Waals surface area contributed by atoms with Crippen molar-refractivity contribution in [2.24, 2.45) is 5.92 Å². The van der Waals surface area contributed by atoms with Gasteiger partial charge < -0.3 is 10.2 Å². The van der Waals surface area contributed by atoms with Gasteiger partial charge in [-0.25, -0.2) is 0 Å². The van der Waals surface area contributed by atoms with Crippen LogP contribution in [0.3, 0.4) is 0 Å². The first kappa shape index (κ1) is 16.7. The second-order valence-electron chi connectivity index (χ2n) is 5.73. The van der Waals surface area contributed by atoms with Crippen molar-refractivity contribution in [3.8, 4) is 0 Å². The highest BCUT2D eigenvalue weighted by Gasteiger charge is 2.18. The van der Waals surface area contributed by atoms with Gasteiger partial charge >= 0.3 is 0 Å². The van der Waals surface area contributed by atoms with E-state index in [-0.39, 0.29) is 18.4 Å². The van der Waals surface area contributed by atoms with Crippen molar-refractivity contribution in [2.75, 3.05) is 18.9 Å². The van der Waals surface area contributed by atoms with Crippen molar-refractivity contribution >= 4 is 33.4 Å². The number of allylic oxidation sites excluding steroid dienone is 2. The van der Waals surface area contributed by atoms with Crippen LogP contribution in [0, 0.1) is 12.8 Å². The van der Waals surface area contributed by atoms with Crippen LogP contribution in [-0.2, 0) is 9.59 Å². The lowest BCUT2D eigenvalue weighted by atomic mass is 10.0. The molecule has 5 heteroatoms. The van der Waals surface area contributed by atoms with Gasteiger partial charge in [0, 0.05) is 23.6 Å². The van der Waals surface area contributed by atoms with E-state index in [1.54, 1.807) is 7.05 Å². The van der Waals surface area contributed by atoms with Crippen molar-refractivity contribution < 1.29 is 9.59 Å². The molecule has 0 saturated carbocycles. The van der Waals surface area contributed by atoms with E-state index in [0.717, 1.165) is 28.6 Å². The Morgan fingerprint density at radius 1 is 1.41 bits per heavy atom. The molecule has 22 heavy (non-hydrogen) atoms. The molecule has 1 N–H and O–H groups in total. The monoisotopic (exact) mass is 364 g/mol. The Morgan fingerprint density at radius 3 is 2.82 bits per heavy atom. The second kappa shape index (κ2) is 7.58. The zero-order chi connectivity index (χ0) is 16.1. The van der Waals surface area contributed by atoms with Crippen LogP contribution in [0.2, 0.25) is 0 Å². The van der Waals surface area contributed by atoms with Gasteiger partial charge in [0.25, 0.3) is 0 Å². The van der Waals surface area contributed by atoms with Crippen LogP contribution in [0.15, 0.2) is 34.8 Å². The molecule has 0 fully saturated rings. The normalized spacial score (nSPS) is 16.6. The third kappa shape index (κ3) is 4.70. The fraction of sp³-hybridized carbons (Fsp3) is 0.412. The van der Waals surface area contributed by atoms with Crippen molar-refractivity contribution in [3.05, 3.63) is 40.4 Å². The summed E-state index contributed by atoms with van der Waals surface area (Å²) in [5, 5.41) is 2.85. The van der Waals surface area contributed by atoms with E-state index >= 15 is 0 Å². The molecule has 4 nitrogen and oxygen atoms in total. The van der Waals surface area contributed by atoms with E-state index in [2.05, 4.69) is 33.4 Å². The first-order valence-corrected chi connectivity index (χ1v) is 8.21. The Hall–Kier alpha value is -1.62. The third-order valence-corrected chi connectivity index (χ3v) is 4.31. The maximum Gasteiger partial charge on any atom is 0.243 e. The minimum Gasteiger partial charge on any atom is -0.336 e. The smallest absolute Gasteiger partial charge is 0.243 e. The van der Waals surface area contributed by atoms with Crippen molar-refractivity contribution in [1.29, 1.82) is 0 Å². The number of carbonyl (C=O) groups excluding carboxylic acids is 2. The van der Waals surface area contributed by atoms with Crippen LogP contribution < -0.4 is 5.32 Å². The predicted molar refractivity (Wildman–Crippen MR) is 91.6 cm³/mol. The highest BCUT2D eigenvalue weighted by Crippen LogP contribution is 2.21. The SMILES string of the molecule is Cc1cc(Br)ccc1NC(=O)CN(C)C(=O)C[C@@H]1C=CCC1. The summed E-state index contributed by atoms with van der Waals surface area (Å²) < 4.78 is 0.972. The summed E-state index contributed by atoms with van der Waals surface area (Å²) in [5.41, 5.74) is 1.75. The number of likely N-dealkylation sites (N-methyl/N-ethyl adjacent to an activating group) is 1. The van der Waals surface area contributed by atoms with Crippen LogP contribution in [0.25, 0.3) is 0 Å². The number of nitrogens with zero attached hydrogens (tertiary/aromatic N) is 1. The Morgan fingerprint density at radius 2 is 2.18 bits per heavy atom. The van der Waals surface area contributed by atoms with E-state index < -0.39 is 0 Å². The van der Waals surface area contributed by atoms with Crippen LogP contribution in [0.1, 0.15) is 24.8 Å². The topological polar surface area (TPSA) is 49.4 Å². The first-order valence-electron chi connectivity index (χ1n) is 7.42. The number of rotatable bonds is 5. The molecule has 1 aromatic carbocycles. The molecule has 0 bridgehead atoms. The van der Waals surface area contributed by atoms with Gasteiger partial charge in [0.05, 0.1) is 6.54 Å². The summed E-state index contributed by atoms with van der Waals surface area (Å²) in [4.78, 5) is 25.7. The lowest BCUT2D eigenvalue weighted by Crippen LogP contribution is -2.35. The summed E-state index contributed by atoms with van der Waals surface area (Å²) in [6.45, 7) is 2.01. The molecule has 0 unspecified atom stereocenters. The number of hydrogen-bond donors (Lipinski definition) is 1. The molecular formula is C17H21BrN2O2. The van der Waals surface area contributed by atoms with Gasteiger partial charge in [-0.2, -0.15) is 0 Å². The largest absolute Gasteiger partial charge is 0.336 e. The molecule has 0 spiro atoms. The Balaban J connectivity index is 1.85. The minimum atomic E-state index is -0.178. The second-order valence-corrected chi connectivity index (χ2v) is 6.64. The van der Waals surface area contributed by atoms with Crippen LogP contribution in [0.4, 0.5) is 5.69 Å². The predicted octanol–water partition coefficient (Wildman–Crippen LogP) is 3.51. The van der Waals surface area contributed by atoms with Crippen LogP contribution in [0.5, 0.6) is 0 Å². The molecular weight excluding hydrogens is 344 g/mol. The molecule has 2 amide bonds. The quantitative estimate of drug-likeness (QED) is 0.812. The van der Waals surface area contributed by atoms with E-state index in [1.165, 1.54) is 4.90 Å². The molecule has 1 aliphatic carbocycles. The van der Waals surface area contributed by atoms with E-state index in [4.69, 9.17) is 0 Å². The minimum absolute atomic E-state index is 0.0132. The van der Waals surface area contributed by atoms with Crippen LogP contribution in [-0.4, -0.2) is 30.3 Å². The lowest BCUT2D eigenvalue weighted by Gasteiger charge is -2.19. The number of anilines is 1. The molecule has 0 aromatic heterocycles. The zero-order valence-electron chi connectivity index (χ0n) is 12.9. The average molecular weight is 365 g/mol. The molecule has 2 rings (SSSR count). The number of halogens is 1. The summed E-state index contributed by atoms with van der Waals surface area (Å²) in [7, 11) is 1.68. The summed E-state index contributed by atoms with van der Waals surface area (Å²) in [6.07, 6.45) is 6.77. The number of benzene rings is 1. The molecule has 0 saturated heterocycles.